The monoisotopic (exact) mass is 448 g/mol. The molecule has 0 aliphatic rings. The third kappa shape index (κ3) is 5.72. The molecule has 0 fully saturated rings. The number of carbonyl (C=O) groups excluding carboxylic acids is 1. The largest absolute Gasteiger partial charge is 0.492 e. The number of rotatable bonds is 9. The summed E-state index contributed by atoms with van der Waals surface area (Å²) in [6.45, 7) is 4.04. The van der Waals surface area contributed by atoms with Crippen LogP contribution in [0.3, 0.4) is 0 Å². The molecule has 1 atom stereocenters. The van der Waals surface area contributed by atoms with Gasteiger partial charge in [0, 0.05) is 13.1 Å². The first-order chi connectivity index (χ1) is 14.9. The predicted octanol–water partition coefficient (Wildman–Crippen LogP) is 4.36. The van der Waals surface area contributed by atoms with Gasteiger partial charge in [-0.1, -0.05) is 23.9 Å². The Labute approximate surface area is 182 Å². The maximum absolute atomic E-state index is 13.8. The van der Waals surface area contributed by atoms with Crippen LogP contribution in [0.2, 0.25) is 0 Å². The van der Waals surface area contributed by atoms with Crippen molar-refractivity contribution in [2.45, 2.75) is 25.1 Å². The lowest BCUT2D eigenvalue weighted by molar-refractivity contribution is -0.113. The van der Waals surface area contributed by atoms with Crippen molar-refractivity contribution < 1.29 is 23.0 Å². The number of anilines is 1. The highest BCUT2D eigenvalue weighted by molar-refractivity contribution is 7.99. The molecular formula is C21H22F2N4O3S. The SMILES string of the molecule is CCOc1ccccc1NC(=O)CSc1nnc(C(C)Oc2ccc(F)cc2F)n1C. The van der Waals surface area contributed by atoms with Gasteiger partial charge in [-0.3, -0.25) is 4.79 Å². The van der Waals surface area contributed by atoms with Crippen LogP contribution in [0.4, 0.5) is 14.5 Å². The number of hydrogen-bond acceptors (Lipinski definition) is 6. The number of para-hydroxylation sites is 2. The molecule has 1 unspecified atom stereocenters. The Bertz CT molecular complexity index is 1060. The number of nitrogens with zero attached hydrogens (tertiary/aromatic N) is 3. The molecule has 164 valence electrons. The van der Waals surface area contributed by atoms with Gasteiger partial charge in [0.1, 0.15) is 11.6 Å². The Hall–Kier alpha value is -3.14. The molecule has 0 aliphatic carbocycles. The number of carbonyl (C=O) groups is 1. The van der Waals surface area contributed by atoms with Crippen LogP contribution < -0.4 is 14.8 Å². The smallest absolute Gasteiger partial charge is 0.234 e. The van der Waals surface area contributed by atoms with E-state index < -0.39 is 17.7 Å². The number of aromatic nitrogens is 3. The lowest BCUT2D eigenvalue weighted by Gasteiger charge is -2.15. The van der Waals surface area contributed by atoms with E-state index in [4.69, 9.17) is 9.47 Å². The minimum Gasteiger partial charge on any atom is -0.492 e. The van der Waals surface area contributed by atoms with Crippen LogP contribution in [-0.2, 0) is 11.8 Å². The van der Waals surface area contributed by atoms with Crippen LogP contribution in [0, 0.1) is 11.6 Å². The van der Waals surface area contributed by atoms with Gasteiger partial charge in [0.05, 0.1) is 18.0 Å². The summed E-state index contributed by atoms with van der Waals surface area (Å²) in [5.41, 5.74) is 0.594. The molecule has 0 bridgehead atoms. The van der Waals surface area contributed by atoms with Gasteiger partial charge in [-0.25, -0.2) is 8.78 Å². The van der Waals surface area contributed by atoms with Gasteiger partial charge in [0.2, 0.25) is 5.91 Å². The number of benzene rings is 2. The van der Waals surface area contributed by atoms with Crippen molar-refractivity contribution in [1.82, 2.24) is 14.8 Å². The van der Waals surface area contributed by atoms with E-state index in [0.717, 1.165) is 12.1 Å². The van der Waals surface area contributed by atoms with E-state index >= 15 is 0 Å². The first-order valence-electron chi connectivity index (χ1n) is 9.54. The number of thioether (sulfide) groups is 1. The summed E-state index contributed by atoms with van der Waals surface area (Å²) < 4.78 is 39.6. The van der Waals surface area contributed by atoms with Crippen molar-refractivity contribution in [3.63, 3.8) is 0 Å². The lowest BCUT2D eigenvalue weighted by atomic mass is 10.3. The number of halogens is 2. The fraction of sp³-hybridized carbons (Fsp3) is 0.286. The summed E-state index contributed by atoms with van der Waals surface area (Å²) in [5.74, 6) is -0.645. The molecule has 1 heterocycles. The summed E-state index contributed by atoms with van der Waals surface area (Å²) in [5, 5.41) is 11.5. The van der Waals surface area contributed by atoms with Crippen LogP contribution >= 0.6 is 11.8 Å². The second-order valence-electron chi connectivity index (χ2n) is 6.50. The number of hydrogen-bond donors (Lipinski definition) is 1. The summed E-state index contributed by atoms with van der Waals surface area (Å²) in [6, 6.07) is 10.3. The molecule has 1 amide bonds. The maximum Gasteiger partial charge on any atom is 0.234 e. The topological polar surface area (TPSA) is 78.3 Å². The van der Waals surface area contributed by atoms with Gasteiger partial charge in [0.15, 0.2) is 28.7 Å². The lowest BCUT2D eigenvalue weighted by Crippen LogP contribution is -2.15. The molecule has 3 aromatic rings. The van der Waals surface area contributed by atoms with Gasteiger partial charge in [-0.15, -0.1) is 10.2 Å². The van der Waals surface area contributed by atoms with Crippen LogP contribution in [-0.4, -0.2) is 33.0 Å². The van der Waals surface area contributed by atoms with E-state index in [9.17, 15) is 13.6 Å². The quantitative estimate of drug-likeness (QED) is 0.490. The molecule has 2 aromatic carbocycles. The molecule has 0 radical (unpaired) electrons. The highest BCUT2D eigenvalue weighted by atomic mass is 32.2. The fourth-order valence-electron chi connectivity index (χ4n) is 2.79. The van der Waals surface area contributed by atoms with Crippen LogP contribution in [0.15, 0.2) is 47.6 Å². The average Bonchev–Trinajstić information content (AvgIpc) is 3.10. The molecule has 1 aromatic heterocycles. The van der Waals surface area contributed by atoms with E-state index in [1.165, 1.54) is 17.8 Å². The Morgan fingerprint density at radius 1 is 1.19 bits per heavy atom. The Balaban J connectivity index is 1.60. The highest BCUT2D eigenvalue weighted by Gasteiger charge is 2.19. The summed E-state index contributed by atoms with van der Waals surface area (Å²) in [6.07, 6.45) is -0.640. The van der Waals surface area contributed by atoms with Crippen LogP contribution in [0.25, 0.3) is 0 Å². The number of ether oxygens (including phenoxy) is 2. The summed E-state index contributed by atoms with van der Waals surface area (Å²) in [4.78, 5) is 12.4. The molecule has 10 heteroatoms. The van der Waals surface area contributed by atoms with Crippen molar-refractivity contribution in [3.8, 4) is 11.5 Å². The van der Waals surface area contributed by atoms with Crippen LogP contribution in [0.5, 0.6) is 11.5 Å². The van der Waals surface area contributed by atoms with E-state index in [-0.39, 0.29) is 17.4 Å². The second-order valence-corrected chi connectivity index (χ2v) is 7.44. The maximum atomic E-state index is 13.8. The Kier molecular flexibility index (Phi) is 7.45. The fourth-order valence-corrected chi connectivity index (χ4v) is 3.51. The zero-order valence-electron chi connectivity index (χ0n) is 17.3. The van der Waals surface area contributed by atoms with Crippen LogP contribution in [0.1, 0.15) is 25.8 Å². The first kappa shape index (κ1) is 22.5. The van der Waals surface area contributed by atoms with Crippen molar-refractivity contribution in [1.29, 1.82) is 0 Å². The normalized spacial score (nSPS) is 11.8. The third-order valence-corrected chi connectivity index (χ3v) is 5.24. The summed E-state index contributed by atoms with van der Waals surface area (Å²) in [7, 11) is 1.72. The highest BCUT2D eigenvalue weighted by Crippen LogP contribution is 2.27. The van der Waals surface area contributed by atoms with Gasteiger partial charge < -0.3 is 19.4 Å². The molecule has 1 N–H and O–H groups in total. The Morgan fingerprint density at radius 2 is 1.97 bits per heavy atom. The van der Waals surface area contributed by atoms with Gasteiger partial charge in [-0.05, 0) is 38.1 Å². The van der Waals surface area contributed by atoms with Gasteiger partial charge in [-0.2, -0.15) is 0 Å². The van der Waals surface area contributed by atoms with Crippen molar-refractivity contribution in [2.24, 2.45) is 7.05 Å². The van der Waals surface area contributed by atoms with E-state index in [1.54, 1.807) is 30.7 Å². The minimum atomic E-state index is -0.798. The second kappa shape index (κ2) is 10.3. The van der Waals surface area contributed by atoms with Gasteiger partial charge in [0.25, 0.3) is 0 Å². The molecule has 0 saturated heterocycles. The molecule has 7 nitrogen and oxygen atoms in total. The number of nitrogens with one attached hydrogen (secondary N) is 1. The average molecular weight is 448 g/mol. The van der Waals surface area contributed by atoms with E-state index in [0.29, 0.717) is 29.0 Å². The molecular weight excluding hydrogens is 426 g/mol. The van der Waals surface area contributed by atoms with E-state index in [1.807, 2.05) is 19.1 Å². The molecule has 3 rings (SSSR count). The zero-order chi connectivity index (χ0) is 22.4. The third-order valence-electron chi connectivity index (χ3n) is 4.22. The number of amides is 1. The van der Waals surface area contributed by atoms with Crippen molar-refractivity contribution >= 4 is 23.4 Å². The van der Waals surface area contributed by atoms with E-state index in [2.05, 4.69) is 15.5 Å². The molecule has 31 heavy (non-hydrogen) atoms. The first-order valence-corrected chi connectivity index (χ1v) is 10.5. The van der Waals surface area contributed by atoms with Crippen molar-refractivity contribution in [3.05, 3.63) is 59.9 Å². The minimum absolute atomic E-state index is 0.0848. The molecule has 0 spiro atoms. The Morgan fingerprint density at radius 3 is 2.71 bits per heavy atom. The predicted molar refractivity (Wildman–Crippen MR) is 113 cm³/mol. The summed E-state index contributed by atoms with van der Waals surface area (Å²) >= 11 is 1.20. The molecule has 0 saturated carbocycles. The standard InChI is InChI=1S/C21H22F2N4O3S/c1-4-29-18-8-6-5-7-16(18)24-19(28)12-31-21-26-25-20(27(21)3)13(2)30-17-10-9-14(22)11-15(17)23/h5-11,13H,4,12H2,1-3H3,(H,24,28). The van der Waals surface area contributed by atoms with Crippen molar-refractivity contribution in [2.75, 3.05) is 17.7 Å². The molecule has 0 aliphatic heterocycles. The zero-order valence-corrected chi connectivity index (χ0v) is 18.1. The van der Waals surface area contributed by atoms with Gasteiger partial charge >= 0.3 is 0 Å².